The van der Waals surface area contributed by atoms with Gasteiger partial charge >= 0.3 is 0 Å². The van der Waals surface area contributed by atoms with E-state index in [4.69, 9.17) is 4.74 Å². The quantitative estimate of drug-likeness (QED) is 0.633. The first-order chi connectivity index (χ1) is 9.50. The number of sulfonamides is 1. The van der Waals surface area contributed by atoms with Crippen molar-refractivity contribution in [2.45, 2.75) is 30.3 Å². The second-order valence-corrected chi connectivity index (χ2v) is 6.28. The Morgan fingerprint density at radius 3 is 2.80 bits per heavy atom. The SMILES string of the molecule is O=[N+]([O-])c1ccccc1S(=O)(=O)NCC[C@@H]1CCCO1. The maximum atomic E-state index is 12.1. The zero-order valence-corrected chi connectivity index (χ0v) is 11.6. The van der Waals surface area contributed by atoms with Gasteiger partial charge in [-0.3, -0.25) is 10.1 Å². The molecule has 0 aromatic heterocycles. The molecule has 0 unspecified atom stereocenters. The standard InChI is InChI=1S/C12H16N2O5S/c15-14(16)11-5-1-2-6-12(11)20(17,18)13-8-7-10-4-3-9-19-10/h1-2,5-6,10,13H,3-4,7-9H2/t10-/m0/s1. The lowest BCUT2D eigenvalue weighted by Gasteiger charge is -2.10. The molecule has 0 radical (unpaired) electrons. The molecule has 1 aliphatic heterocycles. The third kappa shape index (κ3) is 3.53. The summed E-state index contributed by atoms with van der Waals surface area (Å²) in [4.78, 5) is 9.84. The van der Waals surface area contributed by atoms with E-state index in [-0.39, 0.29) is 17.5 Å². The Morgan fingerprint density at radius 2 is 2.15 bits per heavy atom. The Morgan fingerprint density at radius 1 is 1.40 bits per heavy atom. The highest BCUT2D eigenvalue weighted by molar-refractivity contribution is 7.89. The summed E-state index contributed by atoms with van der Waals surface area (Å²) in [6.45, 7) is 0.917. The van der Waals surface area contributed by atoms with Crippen molar-refractivity contribution in [2.24, 2.45) is 0 Å². The fourth-order valence-electron chi connectivity index (χ4n) is 2.14. The van der Waals surface area contributed by atoms with Gasteiger partial charge in [0.05, 0.1) is 11.0 Å². The van der Waals surface area contributed by atoms with Crippen LogP contribution < -0.4 is 4.72 Å². The number of rotatable bonds is 6. The van der Waals surface area contributed by atoms with E-state index in [1.807, 2.05) is 0 Å². The first-order valence-corrected chi connectivity index (χ1v) is 7.84. The number of nitrogens with zero attached hydrogens (tertiary/aromatic N) is 1. The van der Waals surface area contributed by atoms with Gasteiger partial charge in [-0.25, -0.2) is 13.1 Å². The van der Waals surface area contributed by atoms with E-state index in [9.17, 15) is 18.5 Å². The topological polar surface area (TPSA) is 98.5 Å². The molecule has 1 saturated heterocycles. The average Bonchev–Trinajstić information content (AvgIpc) is 2.91. The van der Waals surface area contributed by atoms with Crippen LogP contribution in [0.1, 0.15) is 19.3 Å². The van der Waals surface area contributed by atoms with E-state index in [1.165, 1.54) is 24.3 Å². The van der Waals surface area contributed by atoms with Gasteiger partial charge in [0.1, 0.15) is 0 Å². The minimum atomic E-state index is -3.87. The number of ether oxygens (including phenoxy) is 1. The first kappa shape index (κ1) is 14.9. The molecule has 0 spiro atoms. The lowest BCUT2D eigenvalue weighted by molar-refractivity contribution is -0.387. The van der Waals surface area contributed by atoms with Crippen molar-refractivity contribution in [2.75, 3.05) is 13.2 Å². The van der Waals surface area contributed by atoms with Gasteiger partial charge in [0.2, 0.25) is 10.0 Å². The third-order valence-electron chi connectivity index (χ3n) is 3.13. The van der Waals surface area contributed by atoms with Gasteiger partial charge in [-0.05, 0) is 25.3 Å². The van der Waals surface area contributed by atoms with Crippen molar-refractivity contribution in [3.05, 3.63) is 34.4 Å². The predicted octanol–water partition coefficient (Wildman–Crippen LogP) is 1.44. The maximum Gasteiger partial charge on any atom is 0.289 e. The van der Waals surface area contributed by atoms with Crippen LogP contribution in [-0.2, 0) is 14.8 Å². The van der Waals surface area contributed by atoms with Crippen molar-refractivity contribution in [3.63, 3.8) is 0 Å². The van der Waals surface area contributed by atoms with Crippen LogP contribution in [0.25, 0.3) is 0 Å². The summed E-state index contributed by atoms with van der Waals surface area (Å²) in [7, 11) is -3.87. The molecule has 2 rings (SSSR count). The Balaban J connectivity index is 2.04. The zero-order chi connectivity index (χ0) is 14.6. The van der Waals surface area contributed by atoms with Gasteiger partial charge in [-0.2, -0.15) is 0 Å². The smallest absolute Gasteiger partial charge is 0.289 e. The fraction of sp³-hybridized carbons (Fsp3) is 0.500. The Bertz CT molecular complexity index is 581. The number of benzene rings is 1. The van der Waals surface area contributed by atoms with Gasteiger partial charge < -0.3 is 4.74 Å². The van der Waals surface area contributed by atoms with E-state index in [2.05, 4.69) is 4.72 Å². The monoisotopic (exact) mass is 300 g/mol. The van der Waals surface area contributed by atoms with Gasteiger partial charge in [0, 0.05) is 19.2 Å². The summed E-state index contributed by atoms with van der Waals surface area (Å²) in [5.41, 5.74) is -0.419. The Hall–Kier alpha value is -1.51. The van der Waals surface area contributed by atoms with Crippen LogP contribution in [0.4, 0.5) is 5.69 Å². The van der Waals surface area contributed by atoms with Gasteiger partial charge in [-0.1, -0.05) is 12.1 Å². The zero-order valence-electron chi connectivity index (χ0n) is 10.8. The van der Waals surface area contributed by atoms with Crippen LogP contribution in [0.2, 0.25) is 0 Å². The summed E-state index contributed by atoms with van der Waals surface area (Å²) >= 11 is 0. The van der Waals surface area contributed by atoms with E-state index in [0.29, 0.717) is 13.0 Å². The average molecular weight is 300 g/mol. The highest BCUT2D eigenvalue weighted by Crippen LogP contribution is 2.22. The van der Waals surface area contributed by atoms with Gasteiger partial charge in [-0.15, -0.1) is 0 Å². The molecule has 110 valence electrons. The predicted molar refractivity (Wildman–Crippen MR) is 71.9 cm³/mol. The van der Waals surface area contributed by atoms with Crippen LogP contribution in [0, 0.1) is 10.1 Å². The summed E-state index contributed by atoms with van der Waals surface area (Å²) in [5.74, 6) is 0. The molecule has 8 heteroatoms. The highest BCUT2D eigenvalue weighted by Gasteiger charge is 2.25. The lowest BCUT2D eigenvalue weighted by atomic mass is 10.2. The number of hydrogen-bond acceptors (Lipinski definition) is 5. The van der Waals surface area contributed by atoms with Crippen LogP contribution >= 0.6 is 0 Å². The summed E-state index contributed by atoms with van der Waals surface area (Å²) in [5, 5.41) is 10.8. The van der Waals surface area contributed by atoms with E-state index >= 15 is 0 Å². The second-order valence-electron chi connectivity index (χ2n) is 4.55. The highest BCUT2D eigenvalue weighted by atomic mass is 32.2. The number of hydrogen-bond donors (Lipinski definition) is 1. The van der Waals surface area contributed by atoms with Gasteiger partial charge in [0.15, 0.2) is 4.90 Å². The molecule has 0 aliphatic carbocycles. The number of para-hydroxylation sites is 1. The fourth-order valence-corrected chi connectivity index (χ4v) is 3.36. The van der Waals surface area contributed by atoms with Crippen LogP contribution in [-0.4, -0.2) is 32.6 Å². The number of nitro groups is 1. The minimum Gasteiger partial charge on any atom is -0.378 e. The van der Waals surface area contributed by atoms with E-state index < -0.39 is 20.6 Å². The third-order valence-corrected chi connectivity index (χ3v) is 4.64. The second kappa shape index (κ2) is 6.29. The van der Waals surface area contributed by atoms with E-state index in [1.54, 1.807) is 0 Å². The molecule has 0 saturated carbocycles. The molecule has 1 aromatic carbocycles. The molecule has 1 aromatic rings. The summed E-state index contributed by atoms with van der Waals surface area (Å²) < 4.78 is 31.9. The molecular formula is C12H16N2O5S. The van der Waals surface area contributed by atoms with E-state index in [0.717, 1.165) is 12.8 Å². The molecule has 0 bridgehead atoms. The number of nitro benzene ring substituents is 1. The van der Waals surface area contributed by atoms with Crippen molar-refractivity contribution in [3.8, 4) is 0 Å². The molecular weight excluding hydrogens is 284 g/mol. The number of nitrogens with one attached hydrogen (secondary N) is 1. The summed E-state index contributed by atoms with van der Waals surface area (Å²) in [6, 6.07) is 5.30. The van der Waals surface area contributed by atoms with Crippen molar-refractivity contribution in [1.82, 2.24) is 4.72 Å². The lowest BCUT2D eigenvalue weighted by Crippen LogP contribution is -2.27. The van der Waals surface area contributed by atoms with Crippen molar-refractivity contribution >= 4 is 15.7 Å². The Labute approximate surface area is 117 Å². The normalized spacial score (nSPS) is 19.1. The molecule has 1 N–H and O–H groups in total. The van der Waals surface area contributed by atoms with Crippen molar-refractivity contribution < 1.29 is 18.1 Å². The van der Waals surface area contributed by atoms with Crippen LogP contribution in [0.15, 0.2) is 29.2 Å². The Kier molecular flexibility index (Phi) is 4.69. The molecule has 1 heterocycles. The molecule has 1 fully saturated rings. The molecule has 7 nitrogen and oxygen atoms in total. The maximum absolute atomic E-state index is 12.1. The summed E-state index contributed by atoms with van der Waals surface area (Å²) in [6.07, 6.45) is 2.55. The first-order valence-electron chi connectivity index (χ1n) is 6.35. The minimum absolute atomic E-state index is 0.0726. The van der Waals surface area contributed by atoms with Crippen molar-refractivity contribution in [1.29, 1.82) is 0 Å². The molecule has 1 aliphatic rings. The largest absolute Gasteiger partial charge is 0.378 e. The molecule has 20 heavy (non-hydrogen) atoms. The molecule has 0 amide bonds. The van der Waals surface area contributed by atoms with Gasteiger partial charge in [0.25, 0.3) is 5.69 Å². The van der Waals surface area contributed by atoms with Crippen LogP contribution in [0.3, 0.4) is 0 Å². The van der Waals surface area contributed by atoms with Crippen LogP contribution in [0.5, 0.6) is 0 Å². The molecule has 1 atom stereocenters.